The van der Waals surface area contributed by atoms with Gasteiger partial charge in [-0.3, -0.25) is 4.79 Å². The highest BCUT2D eigenvalue weighted by molar-refractivity contribution is 7.88. The summed E-state index contributed by atoms with van der Waals surface area (Å²) in [6.45, 7) is 1.15. The summed E-state index contributed by atoms with van der Waals surface area (Å²) in [6, 6.07) is 11.3. The van der Waals surface area contributed by atoms with Crippen LogP contribution in [-0.4, -0.2) is 44.6 Å². The molecule has 1 aliphatic heterocycles. The first-order valence-corrected chi connectivity index (χ1v) is 12.4. The number of hydrogen-bond donors (Lipinski definition) is 1. The third-order valence-electron chi connectivity index (χ3n) is 6.12. The first kappa shape index (κ1) is 21.9. The quantitative estimate of drug-likeness (QED) is 0.759. The number of amides is 1. The zero-order valence-corrected chi connectivity index (χ0v) is 18.2. The summed E-state index contributed by atoms with van der Waals surface area (Å²) in [5.74, 6) is -1.77. The van der Waals surface area contributed by atoms with Gasteiger partial charge in [0.25, 0.3) is 0 Å². The maximum atomic E-state index is 13.8. The van der Waals surface area contributed by atoms with Crippen molar-refractivity contribution in [3.05, 3.63) is 59.7 Å². The Hall–Kier alpha value is -2.32. The summed E-state index contributed by atoms with van der Waals surface area (Å²) in [6.07, 6.45) is 3.94. The summed E-state index contributed by atoms with van der Waals surface area (Å²) in [4.78, 5) is 15.0. The van der Waals surface area contributed by atoms with E-state index in [1.165, 1.54) is 6.07 Å². The molecule has 0 radical (unpaired) electrons. The Morgan fingerprint density at radius 3 is 2.58 bits per heavy atom. The molecule has 31 heavy (non-hydrogen) atoms. The van der Waals surface area contributed by atoms with E-state index >= 15 is 0 Å². The van der Waals surface area contributed by atoms with Crippen molar-refractivity contribution in [3.8, 4) is 11.1 Å². The number of sulfonamides is 1. The summed E-state index contributed by atoms with van der Waals surface area (Å²) >= 11 is 0. The molecule has 2 aliphatic rings. The highest BCUT2D eigenvalue weighted by Crippen LogP contribution is 2.51. The number of hydrogen-bond acceptors (Lipinski definition) is 3. The average Bonchev–Trinajstić information content (AvgIpc) is 3.53. The van der Waals surface area contributed by atoms with Gasteiger partial charge in [0.1, 0.15) is 0 Å². The fourth-order valence-electron chi connectivity index (χ4n) is 4.53. The summed E-state index contributed by atoms with van der Waals surface area (Å²) in [5, 5.41) is 0. The van der Waals surface area contributed by atoms with Crippen molar-refractivity contribution in [2.75, 3.05) is 19.3 Å². The van der Waals surface area contributed by atoms with Gasteiger partial charge in [-0.1, -0.05) is 30.3 Å². The smallest absolute Gasteiger partial charge is 0.226 e. The van der Waals surface area contributed by atoms with Crippen molar-refractivity contribution in [1.82, 2.24) is 9.62 Å². The van der Waals surface area contributed by atoms with Gasteiger partial charge < -0.3 is 4.90 Å². The SMILES string of the molecule is CS(=O)(=O)NC1CCCN(C(=O)C2CC2c2ccccc2-c2ccc(F)c(F)c2)CC1. The van der Waals surface area contributed by atoms with Crippen LogP contribution in [0.3, 0.4) is 0 Å². The molecular weight excluding hydrogens is 422 g/mol. The number of rotatable bonds is 5. The van der Waals surface area contributed by atoms with Crippen LogP contribution in [0.5, 0.6) is 0 Å². The second-order valence-electron chi connectivity index (χ2n) is 8.51. The van der Waals surface area contributed by atoms with Crippen LogP contribution in [0, 0.1) is 17.6 Å². The maximum absolute atomic E-state index is 13.8. The van der Waals surface area contributed by atoms with Crippen LogP contribution in [0.1, 0.15) is 37.2 Å². The second kappa shape index (κ2) is 8.67. The predicted octanol–water partition coefficient (Wildman–Crippen LogP) is 3.67. The Bertz CT molecular complexity index is 1090. The highest BCUT2D eigenvalue weighted by Gasteiger charge is 2.46. The Morgan fingerprint density at radius 1 is 1.06 bits per heavy atom. The molecule has 1 heterocycles. The minimum atomic E-state index is -3.27. The minimum absolute atomic E-state index is 0.0463. The van der Waals surface area contributed by atoms with Gasteiger partial charge in [0.2, 0.25) is 15.9 Å². The van der Waals surface area contributed by atoms with Crippen LogP contribution in [0.4, 0.5) is 8.78 Å². The van der Waals surface area contributed by atoms with Crippen LogP contribution in [-0.2, 0) is 14.8 Å². The predicted molar refractivity (Wildman–Crippen MR) is 115 cm³/mol. The molecule has 1 N–H and O–H groups in total. The van der Waals surface area contributed by atoms with Gasteiger partial charge in [0, 0.05) is 25.0 Å². The largest absolute Gasteiger partial charge is 0.342 e. The standard InChI is InChI=1S/C23H26F2N2O3S/c1-31(29,30)26-16-5-4-11-27(12-10-16)23(28)20-14-19(20)18-7-3-2-6-17(18)15-8-9-21(24)22(25)13-15/h2-3,6-9,13,16,19-20,26H,4-5,10-12,14H2,1H3. The molecule has 1 saturated heterocycles. The number of carbonyl (C=O) groups is 1. The van der Waals surface area contributed by atoms with E-state index in [9.17, 15) is 22.0 Å². The average molecular weight is 449 g/mol. The normalized spacial score (nSPS) is 24.0. The Kier molecular flexibility index (Phi) is 6.12. The topological polar surface area (TPSA) is 66.5 Å². The number of nitrogens with one attached hydrogen (secondary N) is 1. The number of benzene rings is 2. The molecule has 1 saturated carbocycles. The molecule has 2 fully saturated rings. The van der Waals surface area contributed by atoms with Crippen molar-refractivity contribution >= 4 is 15.9 Å². The third kappa shape index (κ3) is 5.13. The first-order chi connectivity index (χ1) is 14.7. The van der Waals surface area contributed by atoms with Crippen molar-refractivity contribution in [2.24, 2.45) is 5.92 Å². The minimum Gasteiger partial charge on any atom is -0.342 e. The van der Waals surface area contributed by atoms with E-state index in [0.29, 0.717) is 31.5 Å². The molecule has 0 bridgehead atoms. The van der Waals surface area contributed by atoms with Gasteiger partial charge in [0.15, 0.2) is 11.6 Å². The molecule has 3 atom stereocenters. The van der Waals surface area contributed by atoms with E-state index in [-0.39, 0.29) is 23.8 Å². The fourth-order valence-corrected chi connectivity index (χ4v) is 5.37. The Balaban J connectivity index is 1.46. The molecule has 4 rings (SSSR count). The van der Waals surface area contributed by atoms with Gasteiger partial charge in [-0.15, -0.1) is 0 Å². The molecule has 2 aromatic carbocycles. The molecule has 166 valence electrons. The lowest BCUT2D eigenvalue weighted by Gasteiger charge is -2.21. The monoisotopic (exact) mass is 448 g/mol. The van der Waals surface area contributed by atoms with Crippen molar-refractivity contribution < 1.29 is 22.0 Å². The van der Waals surface area contributed by atoms with Gasteiger partial charge in [-0.05, 0) is 60.4 Å². The number of carbonyl (C=O) groups excluding carboxylic acids is 1. The van der Waals surface area contributed by atoms with Crippen LogP contribution >= 0.6 is 0 Å². The van der Waals surface area contributed by atoms with Crippen LogP contribution in [0.2, 0.25) is 0 Å². The van der Waals surface area contributed by atoms with Crippen LogP contribution < -0.4 is 4.72 Å². The van der Waals surface area contributed by atoms with Crippen molar-refractivity contribution in [2.45, 2.75) is 37.6 Å². The van der Waals surface area contributed by atoms with Gasteiger partial charge in [0.05, 0.1) is 6.26 Å². The molecule has 1 amide bonds. The lowest BCUT2D eigenvalue weighted by atomic mass is 9.95. The van der Waals surface area contributed by atoms with Gasteiger partial charge in [-0.25, -0.2) is 21.9 Å². The maximum Gasteiger partial charge on any atom is 0.226 e. The molecule has 8 heteroatoms. The Labute approximate surface area is 181 Å². The molecule has 2 aromatic rings. The zero-order chi connectivity index (χ0) is 22.2. The molecule has 3 unspecified atom stereocenters. The van der Waals surface area contributed by atoms with E-state index < -0.39 is 21.7 Å². The van der Waals surface area contributed by atoms with Gasteiger partial charge >= 0.3 is 0 Å². The molecular formula is C23H26F2N2O3S. The Morgan fingerprint density at radius 2 is 1.84 bits per heavy atom. The van der Waals surface area contributed by atoms with E-state index in [4.69, 9.17) is 0 Å². The number of nitrogens with zero attached hydrogens (tertiary/aromatic N) is 1. The van der Waals surface area contributed by atoms with E-state index in [0.717, 1.165) is 36.3 Å². The fraction of sp³-hybridized carbons (Fsp3) is 0.435. The van der Waals surface area contributed by atoms with E-state index in [1.54, 1.807) is 6.07 Å². The first-order valence-electron chi connectivity index (χ1n) is 10.5. The summed E-state index contributed by atoms with van der Waals surface area (Å²) < 4.78 is 52.7. The summed E-state index contributed by atoms with van der Waals surface area (Å²) in [7, 11) is -3.27. The van der Waals surface area contributed by atoms with E-state index in [2.05, 4.69) is 4.72 Å². The van der Waals surface area contributed by atoms with Crippen molar-refractivity contribution in [1.29, 1.82) is 0 Å². The van der Waals surface area contributed by atoms with Crippen LogP contribution in [0.25, 0.3) is 11.1 Å². The van der Waals surface area contributed by atoms with Gasteiger partial charge in [-0.2, -0.15) is 0 Å². The van der Waals surface area contributed by atoms with Crippen LogP contribution in [0.15, 0.2) is 42.5 Å². The third-order valence-corrected chi connectivity index (χ3v) is 6.88. The van der Waals surface area contributed by atoms with Crippen molar-refractivity contribution in [3.63, 3.8) is 0 Å². The molecule has 5 nitrogen and oxygen atoms in total. The summed E-state index contributed by atoms with van der Waals surface area (Å²) in [5.41, 5.74) is 2.38. The lowest BCUT2D eigenvalue weighted by molar-refractivity contribution is -0.132. The molecule has 1 aliphatic carbocycles. The second-order valence-corrected chi connectivity index (χ2v) is 10.3. The zero-order valence-electron chi connectivity index (χ0n) is 17.4. The number of likely N-dealkylation sites (tertiary alicyclic amines) is 1. The molecule has 0 aromatic heterocycles. The molecule has 0 spiro atoms. The highest BCUT2D eigenvalue weighted by atomic mass is 32.2. The van der Waals surface area contributed by atoms with E-state index in [1.807, 2.05) is 29.2 Å². The lowest BCUT2D eigenvalue weighted by Crippen LogP contribution is -2.36. The number of halogens is 2.